The molecule has 9 heteroatoms. The lowest BCUT2D eigenvalue weighted by Gasteiger charge is -2.37. The lowest BCUT2D eigenvalue weighted by Crippen LogP contribution is -2.56. The van der Waals surface area contributed by atoms with Crippen LogP contribution in [0.3, 0.4) is 0 Å². The molecule has 190 valence electrons. The van der Waals surface area contributed by atoms with Crippen LogP contribution in [0.15, 0.2) is 30.9 Å². The van der Waals surface area contributed by atoms with Crippen molar-refractivity contribution in [2.45, 2.75) is 57.3 Å². The molecule has 5 atom stereocenters. The summed E-state index contributed by atoms with van der Waals surface area (Å²) in [4.78, 5) is 44.1. The van der Waals surface area contributed by atoms with Crippen molar-refractivity contribution >= 4 is 35.1 Å². The number of aliphatic hydroxyl groups is 1. The number of esters is 1. The molecule has 3 fully saturated rings. The standard InChI is InChI=1S/C26H33ClN2O6/c1-4-13-28(21-16(3)9-8-10-17(21)27)24(32)22-26-12-11-18(35-26)19(25(33)34-5-2)20(26)23(31)29(22)14-6-7-15-30/h4,8-10,18-20,22,30H,1,5-7,11-15H2,2-3H3/t18-,19+,20-,22?,26?/m0/s1. The van der Waals surface area contributed by atoms with Crippen LogP contribution in [0.25, 0.3) is 0 Å². The average molecular weight is 505 g/mol. The van der Waals surface area contributed by atoms with Gasteiger partial charge in [0.15, 0.2) is 0 Å². The van der Waals surface area contributed by atoms with E-state index >= 15 is 0 Å². The number of hydrogen-bond acceptors (Lipinski definition) is 6. The van der Waals surface area contributed by atoms with Crippen LogP contribution in [0.1, 0.15) is 38.2 Å². The van der Waals surface area contributed by atoms with E-state index in [0.29, 0.717) is 36.4 Å². The summed E-state index contributed by atoms with van der Waals surface area (Å²) in [6.07, 6.45) is 3.26. The fourth-order valence-corrected chi connectivity index (χ4v) is 6.43. The van der Waals surface area contributed by atoms with E-state index in [4.69, 9.17) is 21.1 Å². The number of likely N-dealkylation sites (tertiary alicyclic amines) is 1. The fraction of sp³-hybridized carbons (Fsp3) is 0.577. The van der Waals surface area contributed by atoms with Crippen molar-refractivity contribution < 1.29 is 29.0 Å². The first kappa shape index (κ1) is 25.7. The maximum atomic E-state index is 14.3. The molecule has 2 amide bonds. The highest BCUT2D eigenvalue weighted by molar-refractivity contribution is 6.34. The number of para-hydroxylation sites is 1. The number of amides is 2. The number of aryl methyl sites for hydroxylation is 1. The zero-order chi connectivity index (χ0) is 25.3. The Morgan fingerprint density at radius 2 is 2.17 bits per heavy atom. The molecule has 35 heavy (non-hydrogen) atoms. The molecule has 1 N–H and O–H groups in total. The molecule has 3 heterocycles. The van der Waals surface area contributed by atoms with E-state index in [-0.39, 0.29) is 38.1 Å². The summed E-state index contributed by atoms with van der Waals surface area (Å²) >= 11 is 6.54. The maximum absolute atomic E-state index is 14.3. The highest BCUT2D eigenvalue weighted by Gasteiger charge is 2.75. The third-order valence-electron chi connectivity index (χ3n) is 7.44. The number of ether oxygens (including phenoxy) is 2. The number of halogens is 1. The number of aliphatic hydroxyl groups excluding tert-OH is 1. The molecule has 3 aliphatic heterocycles. The van der Waals surface area contributed by atoms with Crippen LogP contribution in [0.5, 0.6) is 0 Å². The van der Waals surface area contributed by atoms with Gasteiger partial charge >= 0.3 is 5.97 Å². The van der Waals surface area contributed by atoms with Gasteiger partial charge in [-0.3, -0.25) is 14.4 Å². The lowest BCUT2D eigenvalue weighted by molar-refractivity contribution is -0.154. The Bertz CT molecular complexity index is 995. The van der Waals surface area contributed by atoms with E-state index in [9.17, 15) is 19.5 Å². The van der Waals surface area contributed by atoms with Crippen molar-refractivity contribution in [2.75, 3.05) is 31.2 Å². The van der Waals surface area contributed by atoms with E-state index in [1.165, 1.54) is 0 Å². The number of benzene rings is 1. The zero-order valence-corrected chi connectivity index (χ0v) is 21.0. The first-order valence-electron chi connectivity index (χ1n) is 12.3. The summed E-state index contributed by atoms with van der Waals surface area (Å²) in [7, 11) is 0. The van der Waals surface area contributed by atoms with E-state index in [0.717, 1.165) is 5.56 Å². The van der Waals surface area contributed by atoms with Crippen molar-refractivity contribution in [1.82, 2.24) is 4.90 Å². The van der Waals surface area contributed by atoms with Crippen LogP contribution < -0.4 is 4.90 Å². The summed E-state index contributed by atoms with van der Waals surface area (Å²) in [5.74, 6) is -2.54. The molecule has 1 spiro atoms. The van der Waals surface area contributed by atoms with Gasteiger partial charge in [-0.2, -0.15) is 0 Å². The largest absolute Gasteiger partial charge is 0.466 e. The molecule has 1 aromatic rings. The summed E-state index contributed by atoms with van der Waals surface area (Å²) in [6, 6.07) is 4.50. The van der Waals surface area contributed by atoms with Gasteiger partial charge in [-0.25, -0.2) is 0 Å². The number of carbonyl (C=O) groups excluding carboxylic acids is 3. The number of anilines is 1. The van der Waals surface area contributed by atoms with Gasteiger partial charge in [0.2, 0.25) is 5.91 Å². The monoisotopic (exact) mass is 504 g/mol. The highest BCUT2D eigenvalue weighted by atomic mass is 35.5. The third-order valence-corrected chi connectivity index (χ3v) is 7.74. The molecule has 4 rings (SSSR count). The van der Waals surface area contributed by atoms with E-state index in [1.54, 1.807) is 28.9 Å². The Morgan fingerprint density at radius 3 is 2.83 bits per heavy atom. The number of carbonyl (C=O) groups is 3. The smallest absolute Gasteiger partial charge is 0.312 e. The Morgan fingerprint density at radius 1 is 1.40 bits per heavy atom. The van der Waals surface area contributed by atoms with Crippen LogP contribution >= 0.6 is 11.6 Å². The third kappa shape index (κ3) is 4.15. The van der Waals surface area contributed by atoms with Gasteiger partial charge in [0.25, 0.3) is 5.91 Å². The molecule has 3 saturated heterocycles. The molecule has 8 nitrogen and oxygen atoms in total. The molecule has 1 aromatic carbocycles. The van der Waals surface area contributed by atoms with Crippen molar-refractivity contribution in [1.29, 1.82) is 0 Å². The first-order chi connectivity index (χ1) is 16.8. The topological polar surface area (TPSA) is 96.4 Å². The summed E-state index contributed by atoms with van der Waals surface area (Å²) < 4.78 is 11.7. The fourth-order valence-electron chi connectivity index (χ4n) is 6.11. The number of fused-ring (bicyclic) bond motifs is 1. The van der Waals surface area contributed by atoms with Crippen LogP contribution in [-0.4, -0.2) is 71.8 Å². The van der Waals surface area contributed by atoms with E-state index in [2.05, 4.69) is 6.58 Å². The summed E-state index contributed by atoms with van der Waals surface area (Å²) in [6.45, 7) is 8.09. The normalized spacial score (nSPS) is 28.8. The molecule has 3 aliphatic rings. The van der Waals surface area contributed by atoms with Gasteiger partial charge in [0.1, 0.15) is 11.6 Å². The quantitative estimate of drug-likeness (QED) is 0.299. The SMILES string of the molecule is C=CCN(C(=O)C1N(CCCCO)C(=O)[C@@H]2[C@H](C(=O)OCC)[C@@H]3CCC12O3)c1c(C)cccc1Cl. The summed E-state index contributed by atoms with van der Waals surface area (Å²) in [5.41, 5.74) is 0.277. The van der Waals surface area contributed by atoms with Gasteiger partial charge in [0, 0.05) is 19.7 Å². The second kappa shape index (κ2) is 10.3. The zero-order valence-electron chi connectivity index (χ0n) is 20.2. The number of unbranched alkanes of at least 4 members (excludes halogenated alkanes) is 1. The van der Waals surface area contributed by atoms with Crippen LogP contribution in [-0.2, 0) is 23.9 Å². The van der Waals surface area contributed by atoms with Gasteiger partial charge in [0.05, 0.1) is 35.3 Å². The molecule has 0 aliphatic carbocycles. The number of nitrogens with zero attached hydrogens (tertiary/aromatic N) is 2. The molecular formula is C26H33ClN2O6. The van der Waals surface area contributed by atoms with E-state index in [1.807, 2.05) is 19.1 Å². The first-order valence-corrected chi connectivity index (χ1v) is 12.6. The van der Waals surface area contributed by atoms with Crippen LogP contribution in [0, 0.1) is 18.8 Å². The summed E-state index contributed by atoms with van der Waals surface area (Å²) in [5, 5.41) is 9.72. The molecule has 0 aromatic heterocycles. The molecule has 2 unspecified atom stereocenters. The maximum Gasteiger partial charge on any atom is 0.312 e. The Hall–Kier alpha value is -2.42. The van der Waals surface area contributed by atoms with Gasteiger partial charge < -0.3 is 24.4 Å². The Kier molecular flexibility index (Phi) is 7.54. The van der Waals surface area contributed by atoms with Crippen molar-refractivity contribution in [3.8, 4) is 0 Å². The Labute approximate surface area is 210 Å². The lowest BCUT2D eigenvalue weighted by atomic mass is 9.70. The average Bonchev–Trinajstić information content (AvgIpc) is 3.46. The molecule has 2 bridgehead atoms. The highest BCUT2D eigenvalue weighted by Crippen LogP contribution is 2.59. The minimum atomic E-state index is -1.11. The van der Waals surface area contributed by atoms with Gasteiger partial charge in [-0.15, -0.1) is 6.58 Å². The molecule has 0 radical (unpaired) electrons. The predicted octanol–water partition coefficient (Wildman–Crippen LogP) is 2.88. The van der Waals surface area contributed by atoms with Crippen molar-refractivity contribution in [3.05, 3.63) is 41.4 Å². The minimum Gasteiger partial charge on any atom is -0.466 e. The van der Waals surface area contributed by atoms with Crippen LogP contribution in [0.4, 0.5) is 5.69 Å². The second-order valence-corrected chi connectivity index (χ2v) is 9.82. The van der Waals surface area contributed by atoms with Crippen molar-refractivity contribution in [2.24, 2.45) is 11.8 Å². The van der Waals surface area contributed by atoms with Gasteiger partial charge in [-0.1, -0.05) is 29.8 Å². The van der Waals surface area contributed by atoms with Crippen molar-refractivity contribution in [3.63, 3.8) is 0 Å². The Balaban J connectivity index is 1.78. The van der Waals surface area contributed by atoms with Crippen LogP contribution in [0.2, 0.25) is 5.02 Å². The molecular weight excluding hydrogens is 472 g/mol. The molecule has 0 saturated carbocycles. The number of rotatable bonds is 10. The second-order valence-electron chi connectivity index (χ2n) is 9.41. The predicted molar refractivity (Wildman–Crippen MR) is 131 cm³/mol. The number of hydrogen-bond donors (Lipinski definition) is 1. The minimum absolute atomic E-state index is 0.0132. The van der Waals surface area contributed by atoms with E-state index < -0.39 is 35.6 Å². The van der Waals surface area contributed by atoms with Gasteiger partial charge in [-0.05, 0) is 51.2 Å².